The number of ether oxygens (including phenoxy) is 1. The molecule has 3 aromatic heterocycles. The van der Waals surface area contributed by atoms with Crippen LogP contribution >= 0.6 is 22.7 Å². The van der Waals surface area contributed by atoms with Crippen molar-refractivity contribution in [2.45, 2.75) is 20.8 Å². The van der Waals surface area contributed by atoms with Crippen molar-refractivity contribution in [1.29, 1.82) is 5.26 Å². The minimum atomic E-state index is -0.529. The molecule has 0 radical (unpaired) electrons. The Labute approximate surface area is 233 Å². The fourth-order valence-electron chi connectivity index (χ4n) is 4.29. The van der Waals surface area contributed by atoms with E-state index < -0.39 is 11.9 Å². The van der Waals surface area contributed by atoms with E-state index in [-0.39, 0.29) is 26.9 Å². The maximum atomic E-state index is 13.5. The topological polar surface area (TPSA) is 118 Å². The van der Waals surface area contributed by atoms with E-state index in [0.717, 1.165) is 39.3 Å². The smallest absolute Gasteiger partial charge is 0.348 e. The number of carbonyl (C=O) groups excluding carboxylic acids is 2. The molecule has 3 heterocycles. The molecule has 1 amide bonds. The molecule has 0 aliphatic carbocycles. The summed E-state index contributed by atoms with van der Waals surface area (Å²) in [6.45, 7) is 5.60. The fourth-order valence-corrected chi connectivity index (χ4v) is 6.36. The largest absolute Gasteiger partial charge is 0.462 e. The molecule has 0 saturated heterocycles. The van der Waals surface area contributed by atoms with E-state index in [0.29, 0.717) is 21.5 Å². The Morgan fingerprint density at radius 2 is 1.74 bits per heavy atom. The van der Waals surface area contributed by atoms with Crippen LogP contribution in [0.1, 0.15) is 43.0 Å². The lowest BCUT2D eigenvalue weighted by Crippen LogP contribution is -2.11. The summed E-state index contributed by atoms with van der Waals surface area (Å²) in [7, 11) is 0. The first-order valence-corrected chi connectivity index (χ1v) is 13.8. The summed E-state index contributed by atoms with van der Waals surface area (Å²) in [5.41, 5.74) is 12.3. The molecule has 0 saturated carbocycles. The van der Waals surface area contributed by atoms with Crippen molar-refractivity contribution in [3.05, 3.63) is 87.1 Å². The molecular formula is C30H24N4O3S2. The Balaban J connectivity index is 1.62. The molecule has 0 spiro atoms. The van der Waals surface area contributed by atoms with Gasteiger partial charge in [-0.25, -0.2) is 9.78 Å². The minimum Gasteiger partial charge on any atom is -0.462 e. The maximum absolute atomic E-state index is 13.5. The number of nitriles is 1. The van der Waals surface area contributed by atoms with Crippen molar-refractivity contribution in [1.82, 2.24) is 4.98 Å². The van der Waals surface area contributed by atoms with Crippen LogP contribution in [0.3, 0.4) is 0 Å². The van der Waals surface area contributed by atoms with Gasteiger partial charge in [0, 0.05) is 10.9 Å². The lowest BCUT2D eigenvalue weighted by Gasteiger charge is -2.09. The van der Waals surface area contributed by atoms with E-state index in [2.05, 4.69) is 11.4 Å². The number of hydrogen-bond donors (Lipinski definition) is 2. The average molecular weight is 553 g/mol. The number of aromatic nitrogens is 1. The summed E-state index contributed by atoms with van der Waals surface area (Å²) >= 11 is 2.21. The number of pyridine rings is 1. The SMILES string of the molecule is CCOC(=O)c1sc(NC(=O)c2sc3nc(-c4ccccc4)cc(-c4ccc(C)cc4)c3c2N)c(C#N)c1C. The number of anilines is 2. The zero-order chi connectivity index (χ0) is 27.7. The van der Waals surface area contributed by atoms with Crippen molar-refractivity contribution < 1.29 is 14.3 Å². The summed E-state index contributed by atoms with van der Waals surface area (Å²) in [6.07, 6.45) is 0. The normalized spacial score (nSPS) is 10.8. The number of nitrogens with one attached hydrogen (secondary N) is 1. The van der Waals surface area contributed by atoms with Crippen LogP contribution in [0.15, 0.2) is 60.7 Å². The van der Waals surface area contributed by atoms with Crippen LogP contribution in [0.2, 0.25) is 0 Å². The van der Waals surface area contributed by atoms with Gasteiger partial charge in [-0.2, -0.15) is 5.26 Å². The summed E-state index contributed by atoms with van der Waals surface area (Å²) in [5.74, 6) is -1.00. The number of rotatable bonds is 6. The summed E-state index contributed by atoms with van der Waals surface area (Å²) in [4.78, 5) is 31.9. The fraction of sp³-hybridized carbons (Fsp3) is 0.133. The van der Waals surface area contributed by atoms with Gasteiger partial charge in [0.15, 0.2) is 0 Å². The second-order valence-electron chi connectivity index (χ2n) is 8.86. The zero-order valence-corrected chi connectivity index (χ0v) is 23.1. The van der Waals surface area contributed by atoms with Crippen LogP contribution in [-0.4, -0.2) is 23.5 Å². The molecular weight excluding hydrogens is 528 g/mol. The van der Waals surface area contributed by atoms with Gasteiger partial charge in [-0.15, -0.1) is 22.7 Å². The third kappa shape index (κ3) is 4.88. The third-order valence-corrected chi connectivity index (χ3v) is 8.57. The van der Waals surface area contributed by atoms with E-state index in [9.17, 15) is 14.9 Å². The van der Waals surface area contributed by atoms with Gasteiger partial charge in [-0.05, 0) is 43.5 Å². The first-order chi connectivity index (χ1) is 18.8. The predicted molar refractivity (Wildman–Crippen MR) is 157 cm³/mol. The van der Waals surface area contributed by atoms with Gasteiger partial charge < -0.3 is 15.8 Å². The Kier molecular flexibility index (Phi) is 7.15. The van der Waals surface area contributed by atoms with Crippen LogP contribution in [0, 0.1) is 25.2 Å². The Morgan fingerprint density at radius 1 is 1.03 bits per heavy atom. The van der Waals surface area contributed by atoms with Crippen molar-refractivity contribution in [2.24, 2.45) is 0 Å². The second kappa shape index (κ2) is 10.7. The number of benzene rings is 2. The molecule has 5 aromatic rings. The van der Waals surface area contributed by atoms with Gasteiger partial charge in [0.1, 0.15) is 25.7 Å². The number of nitrogens with zero attached hydrogens (tertiary/aromatic N) is 2. The highest BCUT2D eigenvalue weighted by Gasteiger charge is 2.26. The van der Waals surface area contributed by atoms with Gasteiger partial charge in [-0.1, -0.05) is 60.2 Å². The molecule has 0 atom stereocenters. The highest BCUT2D eigenvalue weighted by molar-refractivity contribution is 7.22. The Hall–Kier alpha value is -4.52. The van der Waals surface area contributed by atoms with Crippen molar-refractivity contribution >= 4 is 55.5 Å². The van der Waals surface area contributed by atoms with Crippen LogP contribution in [0.25, 0.3) is 32.6 Å². The molecule has 0 unspecified atom stereocenters. The molecule has 9 heteroatoms. The molecule has 2 aromatic carbocycles. The van der Waals surface area contributed by atoms with Gasteiger partial charge in [0.25, 0.3) is 5.91 Å². The number of fused-ring (bicyclic) bond motifs is 1. The molecule has 194 valence electrons. The number of aryl methyl sites for hydroxylation is 1. The molecule has 0 aliphatic rings. The van der Waals surface area contributed by atoms with Crippen LogP contribution < -0.4 is 11.1 Å². The lowest BCUT2D eigenvalue weighted by atomic mass is 9.99. The van der Waals surface area contributed by atoms with E-state index in [1.54, 1.807) is 13.8 Å². The summed E-state index contributed by atoms with van der Waals surface area (Å²) < 4.78 is 5.10. The van der Waals surface area contributed by atoms with Gasteiger partial charge in [0.05, 0.1) is 23.6 Å². The summed E-state index contributed by atoms with van der Waals surface area (Å²) in [6, 6.07) is 22.0. The highest BCUT2D eigenvalue weighted by atomic mass is 32.1. The standard InChI is InChI=1S/C30H24N4O3S2/c1-4-37-30(36)25-17(3)21(15-31)28(38-25)34-27(35)26-24(32)23-20(18-12-10-16(2)11-13-18)14-22(33-29(23)39-26)19-8-6-5-7-9-19/h5-14H,4,32H2,1-3H3,(H,34,35). The monoisotopic (exact) mass is 552 g/mol. The van der Waals surface area contributed by atoms with Crippen molar-refractivity contribution in [3.63, 3.8) is 0 Å². The third-order valence-electron chi connectivity index (χ3n) is 6.28. The first-order valence-electron chi connectivity index (χ1n) is 12.2. The predicted octanol–water partition coefficient (Wildman–Crippen LogP) is 7.19. The van der Waals surface area contributed by atoms with E-state index >= 15 is 0 Å². The maximum Gasteiger partial charge on any atom is 0.348 e. The van der Waals surface area contributed by atoms with Crippen LogP contribution in [0.5, 0.6) is 0 Å². The number of nitrogen functional groups attached to an aromatic ring is 1. The Bertz CT molecular complexity index is 1760. The van der Waals surface area contributed by atoms with E-state index in [1.165, 1.54) is 11.3 Å². The number of carbonyl (C=O) groups is 2. The van der Waals surface area contributed by atoms with Crippen molar-refractivity contribution in [3.8, 4) is 28.5 Å². The van der Waals surface area contributed by atoms with E-state index in [4.69, 9.17) is 15.5 Å². The van der Waals surface area contributed by atoms with E-state index in [1.807, 2.05) is 67.6 Å². The Morgan fingerprint density at radius 3 is 2.41 bits per heavy atom. The van der Waals surface area contributed by atoms with Gasteiger partial charge >= 0.3 is 5.97 Å². The highest BCUT2D eigenvalue weighted by Crippen LogP contribution is 2.42. The van der Waals surface area contributed by atoms with Crippen molar-refractivity contribution in [2.75, 3.05) is 17.7 Å². The molecule has 5 rings (SSSR count). The number of esters is 1. The first kappa shape index (κ1) is 26.1. The minimum absolute atomic E-state index is 0.208. The molecule has 7 nitrogen and oxygen atoms in total. The quantitative estimate of drug-likeness (QED) is 0.215. The lowest BCUT2D eigenvalue weighted by molar-refractivity contribution is 0.0531. The number of nitrogens with two attached hydrogens (primary N) is 1. The number of hydrogen-bond acceptors (Lipinski definition) is 8. The summed E-state index contributed by atoms with van der Waals surface area (Å²) in [5, 5.41) is 13.5. The number of thiophene rings is 2. The average Bonchev–Trinajstić information content (AvgIpc) is 3.45. The van der Waals surface area contributed by atoms with Gasteiger partial charge in [-0.3, -0.25) is 4.79 Å². The molecule has 39 heavy (non-hydrogen) atoms. The molecule has 0 fully saturated rings. The molecule has 0 bridgehead atoms. The second-order valence-corrected chi connectivity index (χ2v) is 10.9. The molecule has 3 N–H and O–H groups in total. The zero-order valence-electron chi connectivity index (χ0n) is 21.5. The van der Waals surface area contributed by atoms with Crippen LogP contribution in [0.4, 0.5) is 10.7 Å². The molecule has 0 aliphatic heterocycles. The van der Waals surface area contributed by atoms with Crippen LogP contribution in [-0.2, 0) is 4.74 Å². The van der Waals surface area contributed by atoms with Gasteiger partial charge in [0.2, 0.25) is 0 Å². The number of amides is 1.